The van der Waals surface area contributed by atoms with E-state index in [2.05, 4.69) is 24.3 Å². The van der Waals surface area contributed by atoms with E-state index in [1.54, 1.807) is 13.3 Å². The van der Waals surface area contributed by atoms with Crippen LogP contribution in [0.5, 0.6) is 0 Å². The van der Waals surface area contributed by atoms with E-state index >= 15 is 0 Å². The lowest BCUT2D eigenvalue weighted by Gasteiger charge is -2.23. The molecule has 0 spiro atoms. The van der Waals surface area contributed by atoms with Crippen LogP contribution in [0, 0.1) is 5.92 Å². The number of aromatic nitrogens is 2. The Morgan fingerprint density at radius 3 is 3.04 bits per heavy atom. The van der Waals surface area contributed by atoms with E-state index in [0.717, 1.165) is 43.3 Å². The monoisotopic (exact) mass is 346 g/mol. The molecule has 3 rings (SSSR count). The third-order valence-electron chi connectivity index (χ3n) is 4.30. The molecule has 1 aliphatic heterocycles. The molecule has 1 N–H and O–H groups in total. The summed E-state index contributed by atoms with van der Waals surface area (Å²) in [5.74, 6) is 2.77. The second-order valence-electron chi connectivity index (χ2n) is 6.81. The number of nitrogens with zero attached hydrogens (tertiary/aromatic N) is 3. The van der Waals surface area contributed by atoms with Crippen LogP contribution < -0.4 is 5.32 Å². The predicted molar refractivity (Wildman–Crippen MR) is 94.2 cm³/mol. The van der Waals surface area contributed by atoms with E-state index in [1.807, 2.05) is 27.8 Å². The summed E-state index contributed by atoms with van der Waals surface area (Å²) in [5.41, 5.74) is 0. The van der Waals surface area contributed by atoms with Gasteiger partial charge in [0.05, 0.1) is 12.2 Å². The van der Waals surface area contributed by atoms with Crippen LogP contribution in [0.4, 0.5) is 10.6 Å². The average molecular weight is 346 g/mol. The van der Waals surface area contributed by atoms with Crippen LogP contribution in [0.2, 0.25) is 0 Å². The van der Waals surface area contributed by atoms with Crippen molar-refractivity contribution >= 4 is 11.8 Å². The molecule has 0 bridgehead atoms. The molecule has 2 aromatic rings. The van der Waals surface area contributed by atoms with Crippen molar-refractivity contribution in [2.75, 3.05) is 19.0 Å². The quantitative estimate of drug-likeness (QED) is 0.866. The Morgan fingerprint density at radius 1 is 1.44 bits per heavy atom. The second-order valence-corrected chi connectivity index (χ2v) is 6.81. The fourth-order valence-electron chi connectivity index (χ4n) is 3.21. The highest BCUT2D eigenvalue weighted by Gasteiger charge is 2.32. The van der Waals surface area contributed by atoms with Crippen molar-refractivity contribution in [3.05, 3.63) is 35.9 Å². The number of hydrogen-bond donors (Lipinski definition) is 1. The zero-order valence-electron chi connectivity index (χ0n) is 15.1. The lowest BCUT2D eigenvalue weighted by atomic mass is 10.2. The van der Waals surface area contributed by atoms with Crippen LogP contribution >= 0.6 is 0 Å². The molecule has 1 aliphatic rings. The van der Waals surface area contributed by atoms with Crippen LogP contribution in [0.1, 0.15) is 44.3 Å². The summed E-state index contributed by atoms with van der Waals surface area (Å²) in [6.07, 6.45) is 3.57. The van der Waals surface area contributed by atoms with Crippen LogP contribution in [-0.2, 0) is 17.9 Å². The molecule has 1 atom stereocenters. The van der Waals surface area contributed by atoms with Crippen molar-refractivity contribution in [3.63, 3.8) is 0 Å². The molecule has 2 amide bonds. The number of methoxy groups -OCH3 is 1. The number of rotatable bonds is 6. The minimum Gasteiger partial charge on any atom is -0.461 e. The fraction of sp³-hybridized carbons (Fsp3) is 0.556. The molecular formula is C18H26N4O3. The standard InChI is InChI=1S/C18H26N4O3/c1-13(2)11-22-17(8-9-19-22)20-18(23)21-10-4-5-15(21)16-7-6-14(25-16)12-24-3/h6-9,13,15H,4-5,10-12H2,1-3H3,(H,20,23)/t15-/m1/s1. The normalized spacial score (nSPS) is 17.4. The summed E-state index contributed by atoms with van der Waals surface area (Å²) in [6.45, 7) is 6.17. The molecule has 3 heterocycles. The summed E-state index contributed by atoms with van der Waals surface area (Å²) in [4.78, 5) is 14.6. The largest absolute Gasteiger partial charge is 0.461 e. The Morgan fingerprint density at radius 2 is 2.28 bits per heavy atom. The van der Waals surface area contributed by atoms with Crippen molar-refractivity contribution in [2.24, 2.45) is 5.92 Å². The number of ether oxygens (including phenoxy) is 1. The van der Waals surface area contributed by atoms with Crippen molar-refractivity contribution in [2.45, 2.75) is 45.9 Å². The second kappa shape index (κ2) is 7.74. The first kappa shape index (κ1) is 17.5. The van der Waals surface area contributed by atoms with Gasteiger partial charge in [0.25, 0.3) is 0 Å². The lowest BCUT2D eigenvalue weighted by Crippen LogP contribution is -2.35. The van der Waals surface area contributed by atoms with Crippen LogP contribution in [-0.4, -0.2) is 34.4 Å². The molecule has 0 aliphatic carbocycles. The predicted octanol–water partition coefficient (Wildman–Crippen LogP) is 3.65. The molecule has 7 heteroatoms. The Labute approximate surface area is 147 Å². The first-order chi connectivity index (χ1) is 12.1. The van der Waals surface area contributed by atoms with E-state index in [-0.39, 0.29) is 12.1 Å². The summed E-state index contributed by atoms with van der Waals surface area (Å²) < 4.78 is 12.8. The van der Waals surface area contributed by atoms with Crippen molar-refractivity contribution in [1.82, 2.24) is 14.7 Å². The lowest BCUT2D eigenvalue weighted by molar-refractivity contribution is 0.157. The Kier molecular flexibility index (Phi) is 5.43. The van der Waals surface area contributed by atoms with E-state index < -0.39 is 0 Å². The van der Waals surface area contributed by atoms with Gasteiger partial charge < -0.3 is 14.1 Å². The highest BCUT2D eigenvalue weighted by molar-refractivity contribution is 5.88. The molecular weight excluding hydrogens is 320 g/mol. The summed E-state index contributed by atoms with van der Waals surface area (Å²) >= 11 is 0. The van der Waals surface area contributed by atoms with E-state index in [9.17, 15) is 4.79 Å². The summed E-state index contributed by atoms with van der Waals surface area (Å²) in [6, 6.07) is 5.53. The van der Waals surface area contributed by atoms with Gasteiger partial charge in [-0.25, -0.2) is 9.48 Å². The minimum atomic E-state index is -0.113. The van der Waals surface area contributed by atoms with E-state index in [4.69, 9.17) is 9.15 Å². The van der Waals surface area contributed by atoms with Gasteiger partial charge in [0.15, 0.2) is 0 Å². The van der Waals surface area contributed by atoms with E-state index in [1.165, 1.54) is 0 Å². The molecule has 136 valence electrons. The minimum absolute atomic E-state index is 0.0351. The Hall–Kier alpha value is -2.28. The maximum atomic E-state index is 12.8. The van der Waals surface area contributed by atoms with Crippen molar-refractivity contribution in [3.8, 4) is 0 Å². The van der Waals surface area contributed by atoms with Gasteiger partial charge in [-0.3, -0.25) is 5.32 Å². The highest BCUT2D eigenvalue weighted by Crippen LogP contribution is 2.33. The number of hydrogen-bond acceptors (Lipinski definition) is 4. The van der Waals surface area contributed by atoms with E-state index in [0.29, 0.717) is 12.5 Å². The maximum Gasteiger partial charge on any atom is 0.323 e. The molecule has 0 aromatic carbocycles. The van der Waals surface area contributed by atoms with Gasteiger partial charge in [-0.2, -0.15) is 5.10 Å². The van der Waals surface area contributed by atoms with Gasteiger partial charge in [-0.05, 0) is 30.9 Å². The number of carbonyl (C=O) groups excluding carboxylic acids is 1. The molecule has 0 unspecified atom stereocenters. The first-order valence-electron chi connectivity index (χ1n) is 8.75. The van der Waals surface area contributed by atoms with Gasteiger partial charge in [0.1, 0.15) is 23.9 Å². The number of furan rings is 1. The van der Waals surface area contributed by atoms with Crippen molar-refractivity contribution in [1.29, 1.82) is 0 Å². The molecule has 0 saturated carbocycles. The zero-order valence-corrected chi connectivity index (χ0v) is 15.1. The SMILES string of the molecule is COCc1ccc([C@H]2CCCN2C(=O)Nc2ccnn2CC(C)C)o1. The van der Waals surface area contributed by atoms with Crippen LogP contribution in [0.25, 0.3) is 0 Å². The molecule has 25 heavy (non-hydrogen) atoms. The smallest absolute Gasteiger partial charge is 0.323 e. The number of likely N-dealkylation sites (tertiary alicyclic amines) is 1. The average Bonchev–Trinajstić information content (AvgIpc) is 3.28. The molecule has 7 nitrogen and oxygen atoms in total. The third kappa shape index (κ3) is 4.04. The topological polar surface area (TPSA) is 72.5 Å². The van der Waals surface area contributed by atoms with Crippen molar-refractivity contribution < 1.29 is 13.9 Å². The molecule has 1 saturated heterocycles. The summed E-state index contributed by atoms with van der Waals surface area (Å²) in [7, 11) is 1.64. The number of nitrogens with one attached hydrogen (secondary N) is 1. The van der Waals surface area contributed by atoms with Gasteiger partial charge in [-0.15, -0.1) is 0 Å². The van der Waals surface area contributed by atoms with Gasteiger partial charge >= 0.3 is 6.03 Å². The highest BCUT2D eigenvalue weighted by atomic mass is 16.5. The summed E-state index contributed by atoms with van der Waals surface area (Å²) in [5, 5.41) is 7.28. The Balaban J connectivity index is 1.69. The van der Waals surface area contributed by atoms with Gasteiger partial charge in [0, 0.05) is 26.3 Å². The number of carbonyl (C=O) groups is 1. The fourth-order valence-corrected chi connectivity index (χ4v) is 3.21. The number of anilines is 1. The zero-order chi connectivity index (χ0) is 17.8. The van der Waals surface area contributed by atoms with Gasteiger partial charge in [-0.1, -0.05) is 13.8 Å². The van der Waals surface area contributed by atoms with Crippen LogP contribution in [0.15, 0.2) is 28.8 Å². The molecule has 2 aromatic heterocycles. The maximum absolute atomic E-state index is 12.8. The Bertz CT molecular complexity index is 707. The van der Waals surface area contributed by atoms with Gasteiger partial charge in [0.2, 0.25) is 0 Å². The number of amides is 2. The first-order valence-corrected chi connectivity index (χ1v) is 8.75. The third-order valence-corrected chi connectivity index (χ3v) is 4.30. The van der Waals surface area contributed by atoms with Crippen LogP contribution in [0.3, 0.4) is 0 Å². The molecule has 1 fully saturated rings. The number of urea groups is 1. The molecule has 0 radical (unpaired) electrons.